The van der Waals surface area contributed by atoms with E-state index in [4.69, 9.17) is 4.74 Å². The summed E-state index contributed by atoms with van der Waals surface area (Å²) in [5, 5.41) is 12.2. The van der Waals surface area contributed by atoms with Gasteiger partial charge in [-0.1, -0.05) is 35.5 Å². The van der Waals surface area contributed by atoms with E-state index in [1.807, 2.05) is 32.9 Å². The minimum Gasteiger partial charge on any atom is -0.444 e. The molecule has 0 saturated carbocycles. The number of rotatable bonds is 6. The summed E-state index contributed by atoms with van der Waals surface area (Å²) in [6.45, 7) is 11.0. The van der Waals surface area contributed by atoms with Crippen molar-refractivity contribution in [3.05, 3.63) is 29.8 Å². The zero-order chi connectivity index (χ0) is 18.4. The van der Waals surface area contributed by atoms with E-state index < -0.39 is 11.7 Å². The first-order chi connectivity index (χ1) is 11.8. The van der Waals surface area contributed by atoms with E-state index in [0.29, 0.717) is 12.3 Å². The lowest BCUT2D eigenvalue weighted by Crippen LogP contribution is -2.33. The molecule has 0 aliphatic heterocycles. The van der Waals surface area contributed by atoms with Gasteiger partial charge >= 0.3 is 6.09 Å². The molecule has 0 spiro atoms. The molecule has 0 atom stereocenters. The fourth-order valence-corrected chi connectivity index (χ4v) is 3.14. The van der Waals surface area contributed by atoms with Crippen molar-refractivity contribution in [1.82, 2.24) is 20.1 Å². The van der Waals surface area contributed by atoms with E-state index in [1.165, 1.54) is 5.56 Å². The van der Waals surface area contributed by atoms with Crippen LogP contribution in [0.1, 0.15) is 33.3 Å². The van der Waals surface area contributed by atoms with Crippen LogP contribution in [0.15, 0.2) is 29.4 Å². The summed E-state index contributed by atoms with van der Waals surface area (Å²) in [7, 11) is 0. The molecule has 7 heteroatoms. The molecule has 0 radical (unpaired) electrons. The lowest BCUT2D eigenvalue weighted by Gasteiger charge is -2.19. The highest BCUT2D eigenvalue weighted by molar-refractivity contribution is 7.99. The molecule has 0 fully saturated rings. The van der Waals surface area contributed by atoms with Crippen LogP contribution in [-0.4, -0.2) is 38.8 Å². The lowest BCUT2D eigenvalue weighted by molar-refractivity contribution is 0.0531. The number of aromatic nitrogens is 3. The molecule has 2 rings (SSSR count). The van der Waals surface area contributed by atoms with Gasteiger partial charge < -0.3 is 14.6 Å². The Labute approximate surface area is 153 Å². The number of hydrogen-bond donors (Lipinski definition) is 1. The second-order valence-corrected chi connectivity index (χ2v) is 7.76. The van der Waals surface area contributed by atoms with Gasteiger partial charge in [0.1, 0.15) is 5.60 Å². The molecule has 1 amide bonds. The van der Waals surface area contributed by atoms with Crippen LogP contribution in [0, 0.1) is 6.92 Å². The number of nitrogens with zero attached hydrogens (tertiary/aromatic N) is 3. The topological polar surface area (TPSA) is 69.0 Å². The smallest absolute Gasteiger partial charge is 0.407 e. The summed E-state index contributed by atoms with van der Waals surface area (Å²) >= 11 is 1.57. The second-order valence-electron chi connectivity index (χ2n) is 6.70. The Morgan fingerprint density at radius 2 is 2.08 bits per heavy atom. The maximum atomic E-state index is 11.6. The largest absolute Gasteiger partial charge is 0.444 e. The molecular formula is C18H26N4O2S. The predicted molar refractivity (Wildman–Crippen MR) is 101 cm³/mol. The number of nitrogens with one attached hydrogen (secondary N) is 1. The van der Waals surface area contributed by atoms with Crippen molar-refractivity contribution >= 4 is 17.9 Å². The Kier molecular flexibility index (Phi) is 6.47. The van der Waals surface area contributed by atoms with E-state index in [-0.39, 0.29) is 0 Å². The third-order valence-electron chi connectivity index (χ3n) is 3.31. The molecule has 136 valence electrons. The van der Waals surface area contributed by atoms with Crippen LogP contribution < -0.4 is 5.32 Å². The number of hydrogen-bond acceptors (Lipinski definition) is 5. The number of aryl methyl sites for hydroxylation is 1. The Hall–Kier alpha value is -2.02. The molecule has 1 aromatic heterocycles. The molecular weight excluding hydrogens is 336 g/mol. The first-order valence-corrected chi connectivity index (χ1v) is 9.38. The van der Waals surface area contributed by atoms with Crippen LogP contribution in [0.25, 0.3) is 11.4 Å². The highest BCUT2D eigenvalue weighted by Gasteiger charge is 2.16. The summed E-state index contributed by atoms with van der Waals surface area (Å²) < 4.78 is 7.31. The quantitative estimate of drug-likeness (QED) is 0.624. The number of benzene rings is 1. The maximum Gasteiger partial charge on any atom is 0.407 e. The molecule has 1 N–H and O–H groups in total. The van der Waals surface area contributed by atoms with Gasteiger partial charge in [-0.15, -0.1) is 10.2 Å². The number of carbonyl (C=O) groups excluding carboxylic acids is 1. The average Bonchev–Trinajstić information content (AvgIpc) is 2.92. The molecule has 0 aliphatic rings. The van der Waals surface area contributed by atoms with Crippen molar-refractivity contribution in [3.63, 3.8) is 0 Å². The molecule has 0 unspecified atom stereocenters. The molecule has 0 saturated heterocycles. The number of carbonyl (C=O) groups is 1. The van der Waals surface area contributed by atoms with Gasteiger partial charge in [0.15, 0.2) is 11.0 Å². The van der Waals surface area contributed by atoms with Crippen molar-refractivity contribution in [3.8, 4) is 11.4 Å². The molecule has 25 heavy (non-hydrogen) atoms. The monoisotopic (exact) mass is 362 g/mol. The molecule has 0 bridgehead atoms. The maximum absolute atomic E-state index is 11.6. The van der Waals surface area contributed by atoms with E-state index >= 15 is 0 Å². The normalized spacial score (nSPS) is 11.4. The highest BCUT2D eigenvalue weighted by atomic mass is 32.2. The fourth-order valence-electron chi connectivity index (χ4n) is 2.29. The van der Waals surface area contributed by atoms with Gasteiger partial charge in [0.05, 0.1) is 0 Å². The zero-order valence-corrected chi connectivity index (χ0v) is 16.3. The Balaban J connectivity index is 1.94. The predicted octanol–water partition coefficient (Wildman–Crippen LogP) is 3.89. The average molecular weight is 362 g/mol. The highest BCUT2D eigenvalue weighted by Crippen LogP contribution is 2.24. The number of ether oxygens (including phenoxy) is 1. The van der Waals surface area contributed by atoms with Crippen molar-refractivity contribution in [2.45, 2.75) is 51.9 Å². The van der Waals surface area contributed by atoms with Crippen LogP contribution in [-0.2, 0) is 11.3 Å². The third kappa shape index (κ3) is 5.77. The molecule has 1 heterocycles. The summed E-state index contributed by atoms with van der Waals surface area (Å²) in [5.74, 6) is 1.57. The summed E-state index contributed by atoms with van der Waals surface area (Å²) in [5.41, 5.74) is 1.77. The van der Waals surface area contributed by atoms with E-state index in [9.17, 15) is 4.79 Å². The van der Waals surface area contributed by atoms with Gasteiger partial charge in [0, 0.05) is 24.4 Å². The lowest BCUT2D eigenvalue weighted by atomic mass is 10.1. The minimum atomic E-state index is -0.484. The van der Waals surface area contributed by atoms with Crippen molar-refractivity contribution in [2.24, 2.45) is 0 Å². The second kappa shape index (κ2) is 8.38. The van der Waals surface area contributed by atoms with E-state index in [1.54, 1.807) is 11.8 Å². The van der Waals surface area contributed by atoms with Crippen LogP contribution in [0.2, 0.25) is 0 Å². The van der Waals surface area contributed by atoms with Crippen LogP contribution in [0.3, 0.4) is 0 Å². The number of alkyl carbamates (subject to hydrolysis) is 1. The molecule has 2 aromatic rings. The van der Waals surface area contributed by atoms with Crippen LogP contribution in [0.5, 0.6) is 0 Å². The first kappa shape index (κ1) is 19.3. The van der Waals surface area contributed by atoms with Gasteiger partial charge in [0.25, 0.3) is 0 Å². The Morgan fingerprint density at radius 3 is 2.72 bits per heavy atom. The number of amides is 1. The SMILES string of the molecule is CCn1c(SCCNC(=O)OC(C)(C)C)nnc1-c1cccc(C)c1. The third-order valence-corrected chi connectivity index (χ3v) is 4.28. The first-order valence-electron chi connectivity index (χ1n) is 8.40. The summed E-state index contributed by atoms with van der Waals surface area (Å²) in [6.07, 6.45) is -0.398. The zero-order valence-electron chi connectivity index (χ0n) is 15.5. The summed E-state index contributed by atoms with van der Waals surface area (Å²) in [6, 6.07) is 8.24. The van der Waals surface area contributed by atoms with Crippen LogP contribution in [0.4, 0.5) is 4.79 Å². The van der Waals surface area contributed by atoms with E-state index in [2.05, 4.69) is 46.1 Å². The van der Waals surface area contributed by atoms with Gasteiger partial charge in [-0.3, -0.25) is 0 Å². The summed E-state index contributed by atoms with van der Waals surface area (Å²) in [4.78, 5) is 11.6. The van der Waals surface area contributed by atoms with Gasteiger partial charge in [0.2, 0.25) is 0 Å². The fraction of sp³-hybridized carbons (Fsp3) is 0.500. The van der Waals surface area contributed by atoms with Crippen LogP contribution >= 0.6 is 11.8 Å². The Bertz CT molecular complexity index is 722. The Morgan fingerprint density at radius 1 is 1.32 bits per heavy atom. The van der Waals surface area contributed by atoms with Crippen molar-refractivity contribution in [1.29, 1.82) is 0 Å². The number of thioether (sulfide) groups is 1. The molecule has 1 aromatic carbocycles. The van der Waals surface area contributed by atoms with Gasteiger partial charge in [-0.05, 0) is 40.7 Å². The standard InChI is InChI=1S/C18H26N4O2S/c1-6-22-15(14-9-7-8-13(2)12-14)20-21-16(22)25-11-10-19-17(23)24-18(3,4)5/h7-9,12H,6,10-11H2,1-5H3,(H,19,23). The van der Waals surface area contributed by atoms with Crippen molar-refractivity contribution in [2.75, 3.05) is 12.3 Å². The molecule has 6 nitrogen and oxygen atoms in total. The van der Waals surface area contributed by atoms with Gasteiger partial charge in [-0.25, -0.2) is 4.79 Å². The van der Waals surface area contributed by atoms with Crippen molar-refractivity contribution < 1.29 is 9.53 Å². The van der Waals surface area contributed by atoms with E-state index in [0.717, 1.165) is 23.1 Å². The molecule has 0 aliphatic carbocycles. The minimum absolute atomic E-state index is 0.398. The van der Waals surface area contributed by atoms with Gasteiger partial charge in [-0.2, -0.15) is 0 Å².